The molecule has 0 radical (unpaired) electrons. The first-order valence-electron chi connectivity index (χ1n) is 6.91. The monoisotopic (exact) mass is 341 g/mol. The van der Waals surface area contributed by atoms with Crippen molar-refractivity contribution in [3.8, 4) is 0 Å². The van der Waals surface area contributed by atoms with E-state index in [0.29, 0.717) is 5.25 Å². The predicted molar refractivity (Wildman–Crippen MR) is 86.2 cm³/mol. The van der Waals surface area contributed by atoms with Gasteiger partial charge in [-0.05, 0) is 31.4 Å². The summed E-state index contributed by atoms with van der Waals surface area (Å²) in [5, 5.41) is 3.74. The van der Waals surface area contributed by atoms with Crippen molar-refractivity contribution in [3.05, 3.63) is 24.3 Å². The van der Waals surface area contributed by atoms with Gasteiger partial charge in [-0.15, -0.1) is 11.8 Å². The highest BCUT2D eigenvalue weighted by Crippen LogP contribution is 2.38. The van der Waals surface area contributed by atoms with Crippen molar-refractivity contribution in [1.29, 1.82) is 0 Å². The Balaban J connectivity index is 2.05. The number of nitrogens with one attached hydrogen (secondary N) is 1. The number of thioether (sulfide) groups is 1. The fourth-order valence-electron chi connectivity index (χ4n) is 2.25. The Morgan fingerprint density at radius 2 is 2.11 bits per heavy atom. The maximum atomic E-state index is 12.0. The molecule has 1 N–H and O–H groups in total. The molecule has 1 saturated carbocycles. The van der Waals surface area contributed by atoms with Crippen LogP contribution in [0.1, 0.15) is 39.0 Å². The molecule has 1 fully saturated rings. The third-order valence-corrected chi connectivity index (χ3v) is 5.86. The molecule has 1 unspecified atom stereocenters. The standard InChI is InChI=1S/C15H20BrNOS/c1-2-12(16)15(18)17-13-9-5-6-10-14(13)19-11-7-3-4-8-11/h5-6,9-12H,2-4,7-8H2,1H3,(H,17,18). The maximum absolute atomic E-state index is 12.0. The van der Waals surface area contributed by atoms with E-state index in [9.17, 15) is 4.79 Å². The molecule has 1 amide bonds. The van der Waals surface area contributed by atoms with Gasteiger partial charge in [0.1, 0.15) is 0 Å². The number of alkyl halides is 1. The number of carbonyl (C=O) groups is 1. The lowest BCUT2D eigenvalue weighted by Crippen LogP contribution is -2.22. The van der Waals surface area contributed by atoms with Gasteiger partial charge in [0.05, 0.1) is 10.5 Å². The fraction of sp³-hybridized carbons (Fsp3) is 0.533. The van der Waals surface area contributed by atoms with E-state index in [0.717, 1.165) is 12.1 Å². The SMILES string of the molecule is CCC(Br)C(=O)Nc1ccccc1SC1CCCC1. The van der Waals surface area contributed by atoms with Crippen LogP contribution in [0.3, 0.4) is 0 Å². The van der Waals surface area contributed by atoms with Crippen LogP contribution in [0.4, 0.5) is 5.69 Å². The quantitative estimate of drug-likeness (QED) is 0.777. The lowest BCUT2D eigenvalue weighted by molar-refractivity contribution is -0.115. The van der Waals surface area contributed by atoms with Gasteiger partial charge in [-0.1, -0.05) is 47.8 Å². The van der Waals surface area contributed by atoms with Crippen LogP contribution in [0.15, 0.2) is 29.2 Å². The molecule has 0 heterocycles. The van der Waals surface area contributed by atoms with Crippen LogP contribution in [0, 0.1) is 0 Å². The van der Waals surface area contributed by atoms with Crippen LogP contribution < -0.4 is 5.32 Å². The molecule has 0 spiro atoms. The van der Waals surface area contributed by atoms with Gasteiger partial charge in [0.15, 0.2) is 0 Å². The number of halogens is 1. The number of carbonyl (C=O) groups excluding carboxylic acids is 1. The van der Waals surface area contributed by atoms with E-state index in [4.69, 9.17) is 0 Å². The molecule has 1 aliphatic carbocycles. The van der Waals surface area contributed by atoms with Crippen LogP contribution in [0.25, 0.3) is 0 Å². The first-order chi connectivity index (χ1) is 9.20. The second-order valence-electron chi connectivity index (χ2n) is 4.89. The lowest BCUT2D eigenvalue weighted by atomic mass is 10.3. The second kappa shape index (κ2) is 7.34. The number of benzene rings is 1. The van der Waals surface area contributed by atoms with E-state index < -0.39 is 0 Å². The Kier molecular flexibility index (Phi) is 5.76. The number of hydrogen-bond donors (Lipinski definition) is 1. The molecule has 4 heteroatoms. The van der Waals surface area contributed by atoms with Crippen molar-refractivity contribution in [2.45, 2.75) is 54.0 Å². The Labute approximate surface area is 127 Å². The zero-order valence-corrected chi connectivity index (χ0v) is 13.6. The molecule has 0 saturated heterocycles. The minimum Gasteiger partial charge on any atom is -0.324 e. The summed E-state index contributed by atoms with van der Waals surface area (Å²) in [6.45, 7) is 2.00. The molecular formula is C15H20BrNOS. The second-order valence-corrected chi connectivity index (χ2v) is 7.33. The van der Waals surface area contributed by atoms with Crippen LogP contribution >= 0.6 is 27.7 Å². The summed E-state index contributed by atoms with van der Waals surface area (Å²) >= 11 is 5.30. The average molecular weight is 342 g/mol. The number of anilines is 1. The van der Waals surface area contributed by atoms with Crippen LogP contribution in [0.2, 0.25) is 0 Å². The molecule has 1 aromatic carbocycles. The van der Waals surface area contributed by atoms with E-state index in [2.05, 4.69) is 27.3 Å². The highest BCUT2D eigenvalue weighted by atomic mass is 79.9. The third kappa shape index (κ3) is 4.25. The molecule has 0 aliphatic heterocycles. The highest BCUT2D eigenvalue weighted by Gasteiger charge is 2.19. The van der Waals surface area contributed by atoms with E-state index in [1.54, 1.807) is 0 Å². The molecule has 0 aromatic heterocycles. The van der Waals surface area contributed by atoms with E-state index in [1.165, 1.54) is 30.6 Å². The van der Waals surface area contributed by atoms with Gasteiger partial charge < -0.3 is 5.32 Å². The maximum Gasteiger partial charge on any atom is 0.238 e. The number of para-hydroxylation sites is 1. The smallest absolute Gasteiger partial charge is 0.238 e. The lowest BCUT2D eigenvalue weighted by Gasteiger charge is -2.15. The molecule has 104 valence electrons. The van der Waals surface area contributed by atoms with Crippen molar-refractivity contribution in [2.75, 3.05) is 5.32 Å². The summed E-state index contributed by atoms with van der Waals surface area (Å²) in [5.41, 5.74) is 0.947. The summed E-state index contributed by atoms with van der Waals surface area (Å²) in [7, 11) is 0. The molecule has 2 rings (SSSR count). The van der Waals surface area contributed by atoms with Crippen LogP contribution in [-0.2, 0) is 4.79 Å². The van der Waals surface area contributed by atoms with Crippen molar-refractivity contribution < 1.29 is 4.79 Å². The van der Waals surface area contributed by atoms with Gasteiger partial charge in [0.2, 0.25) is 5.91 Å². The normalized spacial score (nSPS) is 17.4. The zero-order valence-electron chi connectivity index (χ0n) is 11.2. The highest BCUT2D eigenvalue weighted by molar-refractivity contribution is 9.10. The Hall–Kier alpha value is -0.480. The van der Waals surface area contributed by atoms with Gasteiger partial charge in [-0.25, -0.2) is 0 Å². The van der Waals surface area contributed by atoms with Crippen LogP contribution in [0.5, 0.6) is 0 Å². The van der Waals surface area contributed by atoms with Crippen molar-refractivity contribution in [2.24, 2.45) is 0 Å². The van der Waals surface area contributed by atoms with Gasteiger partial charge in [0, 0.05) is 10.1 Å². The summed E-state index contributed by atoms with van der Waals surface area (Å²) in [5.74, 6) is 0.0435. The van der Waals surface area contributed by atoms with E-state index >= 15 is 0 Å². The Morgan fingerprint density at radius 1 is 1.42 bits per heavy atom. The predicted octanol–water partition coefficient (Wildman–Crippen LogP) is 4.83. The van der Waals surface area contributed by atoms with Gasteiger partial charge in [0.25, 0.3) is 0 Å². The van der Waals surface area contributed by atoms with Crippen molar-refractivity contribution in [3.63, 3.8) is 0 Å². The van der Waals surface area contributed by atoms with Gasteiger partial charge in [-0.2, -0.15) is 0 Å². The minimum atomic E-state index is -0.114. The van der Waals surface area contributed by atoms with E-state index in [-0.39, 0.29) is 10.7 Å². The summed E-state index contributed by atoms with van der Waals surface area (Å²) in [6.07, 6.45) is 6.06. The molecule has 1 aromatic rings. The number of rotatable bonds is 5. The topological polar surface area (TPSA) is 29.1 Å². The molecule has 0 bridgehead atoms. The van der Waals surface area contributed by atoms with Gasteiger partial charge >= 0.3 is 0 Å². The van der Waals surface area contributed by atoms with Crippen molar-refractivity contribution in [1.82, 2.24) is 0 Å². The van der Waals surface area contributed by atoms with Crippen molar-refractivity contribution >= 4 is 39.3 Å². The largest absolute Gasteiger partial charge is 0.324 e. The molecule has 1 aliphatic rings. The van der Waals surface area contributed by atoms with Gasteiger partial charge in [-0.3, -0.25) is 4.79 Å². The molecular weight excluding hydrogens is 322 g/mol. The molecule has 2 nitrogen and oxygen atoms in total. The summed E-state index contributed by atoms with van der Waals surface area (Å²) in [4.78, 5) is 13.0. The number of hydrogen-bond acceptors (Lipinski definition) is 2. The summed E-state index contributed by atoms with van der Waals surface area (Å²) < 4.78 is 0. The van der Waals surface area contributed by atoms with Crippen LogP contribution in [-0.4, -0.2) is 16.0 Å². The van der Waals surface area contributed by atoms with E-state index in [1.807, 2.05) is 36.9 Å². The first-order valence-corrected chi connectivity index (χ1v) is 8.71. The molecule has 1 atom stereocenters. The number of amides is 1. The first kappa shape index (κ1) is 14.9. The Morgan fingerprint density at radius 3 is 2.79 bits per heavy atom. The fourth-order valence-corrected chi connectivity index (χ4v) is 3.70. The average Bonchev–Trinajstić information content (AvgIpc) is 2.93. The Bertz CT molecular complexity index is 432. The zero-order chi connectivity index (χ0) is 13.7. The molecule has 19 heavy (non-hydrogen) atoms. The summed E-state index contributed by atoms with van der Waals surface area (Å²) in [6, 6.07) is 8.11. The third-order valence-electron chi connectivity index (χ3n) is 3.38. The minimum absolute atomic E-state index is 0.0435.